The minimum absolute atomic E-state index is 0.0857. The van der Waals surface area contributed by atoms with Gasteiger partial charge in [-0.05, 0) is 43.9 Å². The molecule has 1 fully saturated rings. The average Bonchev–Trinajstić information content (AvgIpc) is 3.04. The minimum atomic E-state index is -0.0857. The zero-order valence-corrected chi connectivity index (χ0v) is 13.4. The molecule has 0 saturated carbocycles. The summed E-state index contributed by atoms with van der Waals surface area (Å²) in [6, 6.07) is 5.46. The fourth-order valence-corrected chi connectivity index (χ4v) is 2.43. The van der Waals surface area contributed by atoms with Crippen LogP contribution in [0, 0.1) is 6.92 Å². The first-order chi connectivity index (χ1) is 10.7. The SMILES string of the molecule is COc1cc(C(=O)NCCCOCC2CCCO2)ccc1C. The van der Waals surface area contributed by atoms with E-state index in [0.29, 0.717) is 25.3 Å². The van der Waals surface area contributed by atoms with Crippen molar-refractivity contribution in [3.05, 3.63) is 29.3 Å². The Morgan fingerprint density at radius 1 is 1.45 bits per heavy atom. The quantitative estimate of drug-likeness (QED) is 0.749. The van der Waals surface area contributed by atoms with E-state index < -0.39 is 0 Å². The van der Waals surface area contributed by atoms with Gasteiger partial charge in [0.2, 0.25) is 0 Å². The van der Waals surface area contributed by atoms with Crippen molar-refractivity contribution in [3.8, 4) is 5.75 Å². The molecule has 1 amide bonds. The molecule has 1 saturated heterocycles. The van der Waals surface area contributed by atoms with E-state index in [2.05, 4.69) is 5.32 Å². The summed E-state index contributed by atoms with van der Waals surface area (Å²) < 4.78 is 16.3. The van der Waals surface area contributed by atoms with Gasteiger partial charge in [-0.25, -0.2) is 0 Å². The van der Waals surface area contributed by atoms with Gasteiger partial charge in [-0.3, -0.25) is 4.79 Å². The Balaban J connectivity index is 1.62. The lowest BCUT2D eigenvalue weighted by molar-refractivity contribution is 0.0166. The van der Waals surface area contributed by atoms with E-state index in [1.165, 1.54) is 0 Å². The van der Waals surface area contributed by atoms with Crippen LogP contribution in [-0.2, 0) is 9.47 Å². The van der Waals surface area contributed by atoms with E-state index in [-0.39, 0.29) is 12.0 Å². The van der Waals surface area contributed by atoms with Gasteiger partial charge in [0.25, 0.3) is 5.91 Å². The second-order valence-corrected chi connectivity index (χ2v) is 5.50. The summed E-state index contributed by atoms with van der Waals surface area (Å²) in [5.41, 5.74) is 1.63. The highest BCUT2D eigenvalue weighted by Gasteiger charge is 2.15. The molecule has 0 aliphatic carbocycles. The fraction of sp³-hybridized carbons (Fsp3) is 0.588. The lowest BCUT2D eigenvalue weighted by atomic mass is 10.1. The third-order valence-electron chi connectivity index (χ3n) is 3.75. The number of amides is 1. The third kappa shape index (κ3) is 5.00. The molecule has 0 spiro atoms. The van der Waals surface area contributed by atoms with Crippen LogP contribution in [0.15, 0.2) is 18.2 Å². The molecule has 5 heteroatoms. The first kappa shape index (κ1) is 16.8. The number of carbonyl (C=O) groups is 1. The maximum absolute atomic E-state index is 12.0. The van der Waals surface area contributed by atoms with Crippen molar-refractivity contribution in [1.82, 2.24) is 5.32 Å². The molecular formula is C17H25NO4. The monoisotopic (exact) mass is 307 g/mol. The van der Waals surface area contributed by atoms with Gasteiger partial charge in [0.05, 0.1) is 19.8 Å². The van der Waals surface area contributed by atoms with Gasteiger partial charge >= 0.3 is 0 Å². The van der Waals surface area contributed by atoms with Crippen molar-refractivity contribution in [3.63, 3.8) is 0 Å². The predicted octanol–water partition coefficient (Wildman–Crippen LogP) is 2.32. The van der Waals surface area contributed by atoms with Crippen LogP contribution in [0.4, 0.5) is 0 Å². The van der Waals surface area contributed by atoms with E-state index >= 15 is 0 Å². The average molecular weight is 307 g/mol. The Morgan fingerprint density at radius 3 is 3.05 bits per heavy atom. The zero-order chi connectivity index (χ0) is 15.8. The zero-order valence-electron chi connectivity index (χ0n) is 13.4. The predicted molar refractivity (Wildman–Crippen MR) is 84.5 cm³/mol. The molecule has 1 aromatic rings. The van der Waals surface area contributed by atoms with Crippen LogP contribution < -0.4 is 10.1 Å². The summed E-state index contributed by atoms with van der Waals surface area (Å²) in [5, 5.41) is 2.89. The summed E-state index contributed by atoms with van der Waals surface area (Å²) in [5.74, 6) is 0.643. The van der Waals surface area contributed by atoms with Crippen LogP contribution in [-0.4, -0.2) is 45.5 Å². The highest BCUT2D eigenvalue weighted by molar-refractivity contribution is 5.94. The van der Waals surface area contributed by atoms with Crippen molar-refractivity contribution in [1.29, 1.82) is 0 Å². The molecular weight excluding hydrogens is 282 g/mol. The third-order valence-corrected chi connectivity index (χ3v) is 3.75. The smallest absolute Gasteiger partial charge is 0.251 e. The highest BCUT2D eigenvalue weighted by Crippen LogP contribution is 2.18. The van der Waals surface area contributed by atoms with Crippen molar-refractivity contribution >= 4 is 5.91 Å². The fourth-order valence-electron chi connectivity index (χ4n) is 2.43. The first-order valence-electron chi connectivity index (χ1n) is 7.83. The van der Waals surface area contributed by atoms with Crippen molar-refractivity contribution < 1.29 is 19.0 Å². The number of benzene rings is 1. The van der Waals surface area contributed by atoms with Crippen molar-refractivity contribution in [2.24, 2.45) is 0 Å². The van der Waals surface area contributed by atoms with Gasteiger partial charge in [0.15, 0.2) is 0 Å². The van der Waals surface area contributed by atoms with Crippen LogP contribution >= 0.6 is 0 Å². The summed E-state index contributed by atoms with van der Waals surface area (Å²) in [6.07, 6.45) is 3.27. The van der Waals surface area contributed by atoms with E-state index in [9.17, 15) is 4.79 Å². The number of rotatable bonds is 8. The van der Waals surface area contributed by atoms with Gasteiger partial charge in [0, 0.05) is 25.3 Å². The Hall–Kier alpha value is -1.59. The largest absolute Gasteiger partial charge is 0.496 e. The van der Waals surface area contributed by atoms with Crippen LogP contribution in [0.2, 0.25) is 0 Å². The van der Waals surface area contributed by atoms with E-state index in [4.69, 9.17) is 14.2 Å². The van der Waals surface area contributed by atoms with Crippen LogP contribution in [0.3, 0.4) is 0 Å². The molecule has 1 aromatic carbocycles. The summed E-state index contributed by atoms with van der Waals surface area (Å²) in [6.45, 7) is 4.69. The molecule has 5 nitrogen and oxygen atoms in total. The molecule has 1 N–H and O–H groups in total. The van der Waals surface area contributed by atoms with Crippen molar-refractivity contribution in [2.45, 2.75) is 32.3 Å². The number of ether oxygens (including phenoxy) is 3. The molecule has 1 heterocycles. The molecule has 0 aromatic heterocycles. The Labute approximate surface area is 131 Å². The molecule has 1 unspecified atom stereocenters. The highest BCUT2D eigenvalue weighted by atomic mass is 16.5. The van der Waals surface area contributed by atoms with Gasteiger partial charge in [0.1, 0.15) is 5.75 Å². The van der Waals surface area contributed by atoms with Gasteiger partial charge in [-0.1, -0.05) is 6.07 Å². The van der Waals surface area contributed by atoms with E-state index in [0.717, 1.165) is 37.2 Å². The maximum Gasteiger partial charge on any atom is 0.251 e. The molecule has 22 heavy (non-hydrogen) atoms. The second-order valence-electron chi connectivity index (χ2n) is 5.50. The van der Waals surface area contributed by atoms with Crippen LogP contribution in [0.1, 0.15) is 35.2 Å². The Bertz CT molecular complexity index is 484. The molecule has 1 atom stereocenters. The summed E-state index contributed by atoms with van der Waals surface area (Å²) in [4.78, 5) is 12.0. The summed E-state index contributed by atoms with van der Waals surface area (Å²) in [7, 11) is 1.61. The van der Waals surface area contributed by atoms with E-state index in [1.54, 1.807) is 19.2 Å². The lowest BCUT2D eigenvalue weighted by Gasteiger charge is -2.11. The number of hydrogen-bond donors (Lipinski definition) is 1. The second kappa shape index (κ2) is 8.76. The van der Waals surface area contributed by atoms with Gasteiger partial charge < -0.3 is 19.5 Å². The topological polar surface area (TPSA) is 56.8 Å². The number of hydrogen-bond acceptors (Lipinski definition) is 4. The normalized spacial score (nSPS) is 17.5. The number of methoxy groups -OCH3 is 1. The number of carbonyl (C=O) groups excluding carboxylic acids is 1. The molecule has 0 radical (unpaired) electrons. The first-order valence-corrected chi connectivity index (χ1v) is 7.83. The van der Waals surface area contributed by atoms with Crippen LogP contribution in [0.25, 0.3) is 0 Å². The van der Waals surface area contributed by atoms with Gasteiger partial charge in [-0.15, -0.1) is 0 Å². The molecule has 2 rings (SSSR count). The Morgan fingerprint density at radius 2 is 2.32 bits per heavy atom. The Kier molecular flexibility index (Phi) is 6.68. The number of nitrogens with one attached hydrogen (secondary N) is 1. The molecule has 0 bridgehead atoms. The lowest BCUT2D eigenvalue weighted by Crippen LogP contribution is -2.25. The van der Waals surface area contributed by atoms with Crippen LogP contribution in [0.5, 0.6) is 5.75 Å². The standard InChI is InChI=1S/C17H25NO4/c1-13-6-7-14(11-16(13)20-2)17(19)18-8-4-9-21-12-15-5-3-10-22-15/h6-7,11,15H,3-5,8-10,12H2,1-2H3,(H,18,19). The molecule has 1 aliphatic rings. The number of aryl methyl sites for hydroxylation is 1. The maximum atomic E-state index is 12.0. The minimum Gasteiger partial charge on any atom is -0.496 e. The molecule has 122 valence electrons. The van der Waals surface area contributed by atoms with E-state index in [1.807, 2.05) is 13.0 Å². The molecule has 1 aliphatic heterocycles. The summed E-state index contributed by atoms with van der Waals surface area (Å²) >= 11 is 0. The van der Waals surface area contributed by atoms with Gasteiger partial charge in [-0.2, -0.15) is 0 Å². The van der Waals surface area contributed by atoms with Crippen molar-refractivity contribution in [2.75, 3.05) is 33.5 Å².